The number of para-hydroxylation sites is 1. The van der Waals surface area contributed by atoms with Crippen molar-refractivity contribution in [3.05, 3.63) is 36.2 Å². The number of nitrogens with zero attached hydrogens (tertiary/aromatic N) is 2. The fourth-order valence-electron chi connectivity index (χ4n) is 1.51. The minimum Gasteiger partial charge on any atom is -0.397 e. The van der Waals surface area contributed by atoms with Gasteiger partial charge in [-0.2, -0.15) is 0 Å². The van der Waals surface area contributed by atoms with E-state index >= 15 is 0 Å². The zero-order valence-corrected chi connectivity index (χ0v) is 12.1. The van der Waals surface area contributed by atoms with Gasteiger partial charge in [0.05, 0.1) is 10.6 Å². The Balaban J connectivity index is 2.42. The topological polar surface area (TPSA) is 85.9 Å². The highest BCUT2D eigenvalue weighted by atomic mass is 32.2. The molecule has 0 spiro atoms. The van der Waals surface area contributed by atoms with Crippen molar-refractivity contribution in [2.75, 3.05) is 12.0 Å². The first-order valence-electron chi connectivity index (χ1n) is 5.44. The van der Waals surface area contributed by atoms with E-state index in [1.807, 2.05) is 6.92 Å². The number of hydrogen-bond donors (Lipinski definition) is 1. The summed E-state index contributed by atoms with van der Waals surface area (Å²) in [6.45, 7) is 1.86. The van der Waals surface area contributed by atoms with Gasteiger partial charge in [0.15, 0.2) is 15.0 Å². The van der Waals surface area contributed by atoms with Crippen molar-refractivity contribution >= 4 is 27.3 Å². The lowest BCUT2D eigenvalue weighted by Crippen LogP contribution is -2.03. The minimum atomic E-state index is -3.34. The van der Waals surface area contributed by atoms with Crippen molar-refractivity contribution in [2.45, 2.75) is 21.9 Å². The molecule has 2 aromatic rings. The number of nitrogens with two attached hydrogens (primary N) is 1. The number of aryl methyl sites for hydroxylation is 1. The molecule has 0 amide bonds. The number of benzene rings is 1. The summed E-state index contributed by atoms with van der Waals surface area (Å²) in [6, 6.07) is 6.69. The Bertz CT molecular complexity index is 715. The predicted molar refractivity (Wildman–Crippen MR) is 74.9 cm³/mol. The second-order valence-electron chi connectivity index (χ2n) is 4.02. The van der Waals surface area contributed by atoms with Crippen molar-refractivity contribution in [1.29, 1.82) is 0 Å². The molecule has 100 valence electrons. The Morgan fingerprint density at radius 1 is 1.26 bits per heavy atom. The molecule has 0 unspecified atom stereocenters. The number of sulfone groups is 1. The highest BCUT2D eigenvalue weighted by molar-refractivity contribution is 7.99. The summed E-state index contributed by atoms with van der Waals surface area (Å²) in [5, 5.41) is 0.539. The third-order valence-corrected chi connectivity index (χ3v) is 4.51. The third-order valence-electron chi connectivity index (χ3n) is 2.40. The molecule has 1 heterocycles. The maximum atomic E-state index is 11.6. The Hall–Kier alpha value is -1.60. The third kappa shape index (κ3) is 3.24. The molecule has 0 saturated carbocycles. The molecule has 2 N–H and O–H groups in total. The Morgan fingerprint density at radius 3 is 2.63 bits per heavy atom. The molecule has 0 radical (unpaired) electrons. The van der Waals surface area contributed by atoms with E-state index in [2.05, 4.69) is 9.97 Å². The van der Waals surface area contributed by atoms with Gasteiger partial charge in [-0.05, 0) is 36.9 Å². The van der Waals surface area contributed by atoms with Crippen LogP contribution in [0.3, 0.4) is 0 Å². The molecule has 0 atom stereocenters. The van der Waals surface area contributed by atoms with Crippen LogP contribution < -0.4 is 5.73 Å². The van der Waals surface area contributed by atoms with E-state index in [1.54, 1.807) is 24.4 Å². The summed E-state index contributed by atoms with van der Waals surface area (Å²) in [5.74, 6) is 0. The van der Waals surface area contributed by atoms with Gasteiger partial charge in [-0.3, -0.25) is 0 Å². The highest BCUT2D eigenvalue weighted by Gasteiger charge is 2.15. The molecule has 19 heavy (non-hydrogen) atoms. The van der Waals surface area contributed by atoms with Gasteiger partial charge in [0.25, 0.3) is 0 Å². The van der Waals surface area contributed by atoms with Crippen molar-refractivity contribution in [3.8, 4) is 0 Å². The number of hydrogen-bond acceptors (Lipinski definition) is 6. The maximum Gasteiger partial charge on any atom is 0.192 e. The van der Waals surface area contributed by atoms with Gasteiger partial charge in [-0.25, -0.2) is 18.4 Å². The van der Waals surface area contributed by atoms with Gasteiger partial charge in [-0.1, -0.05) is 6.07 Å². The van der Waals surface area contributed by atoms with Crippen LogP contribution in [-0.2, 0) is 9.84 Å². The van der Waals surface area contributed by atoms with E-state index in [0.717, 1.165) is 11.9 Å². The molecule has 5 nitrogen and oxygen atoms in total. The van der Waals surface area contributed by atoms with E-state index in [0.29, 0.717) is 10.1 Å². The van der Waals surface area contributed by atoms with E-state index < -0.39 is 9.84 Å². The van der Waals surface area contributed by atoms with E-state index in [4.69, 9.17) is 5.73 Å². The lowest BCUT2D eigenvalue weighted by molar-refractivity contribution is 0.602. The number of nitrogen functional groups attached to an aromatic ring is 1. The first-order valence-corrected chi connectivity index (χ1v) is 8.15. The van der Waals surface area contributed by atoms with Crippen LogP contribution in [0.1, 0.15) is 5.69 Å². The Morgan fingerprint density at radius 2 is 2.00 bits per heavy atom. The normalized spacial score (nSPS) is 11.5. The van der Waals surface area contributed by atoms with Crippen LogP contribution in [-0.4, -0.2) is 24.6 Å². The zero-order valence-electron chi connectivity index (χ0n) is 10.5. The molecular formula is C12H13N3O2S2. The summed E-state index contributed by atoms with van der Waals surface area (Å²) in [6.07, 6.45) is 2.79. The smallest absolute Gasteiger partial charge is 0.192 e. The van der Waals surface area contributed by atoms with Gasteiger partial charge in [0.2, 0.25) is 0 Å². The summed E-state index contributed by atoms with van der Waals surface area (Å²) in [5.41, 5.74) is 6.98. The molecule has 2 rings (SSSR count). The van der Waals surface area contributed by atoms with Crippen molar-refractivity contribution in [2.24, 2.45) is 0 Å². The summed E-state index contributed by atoms with van der Waals surface area (Å²) < 4.78 is 23.2. The highest BCUT2D eigenvalue weighted by Crippen LogP contribution is 2.33. The summed E-state index contributed by atoms with van der Waals surface area (Å²) in [4.78, 5) is 9.13. The minimum absolute atomic E-state index is 0.130. The second-order valence-corrected chi connectivity index (χ2v) is 7.02. The Kier molecular flexibility index (Phi) is 3.77. The fourth-order valence-corrected chi connectivity index (χ4v) is 3.28. The number of rotatable bonds is 3. The van der Waals surface area contributed by atoms with Gasteiger partial charge in [0, 0.05) is 23.0 Å². The molecule has 0 fully saturated rings. The lowest BCUT2D eigenvalue weighted by atomic mass is 10.3. The van der Waals surface area contributed by atoms with E-state index in [9.17, 15) is 8.42 Å². The first kappa shape index (κ1) is 13.8. The van der Waals surface area contributed by atoms with Crippen LogP contribution in [0.25, 0.3) is 0 Å². The second kappa shape index (κ2) is 5.18. The maximum absolute atomic E-state index is 11.6. The molecule has 0 aliphatic rings. The fraction of sp³-hybridized carbons (Fsp3) is 0.167. The van der Waals surface area contributed by atoms with Crippen LogP contribution in [0.15, 0.2) is 45.4 Å². The molecule has 0 bridgehead atoms. The van der Waals surface area contributed by atoms with Crippen LogP contribution >= 0.6 is 11.8 Å². The van der Waals surface area contributed by atoms with Crippen LogP contribution in [0, 0.1) is 6.92 Å². The quantitative estimate of drug-likeness (QED) is 0.687. The van der Waals surface area contributed by atoms with Crippen LogP contribution in [0.4, 0.5) is 5.69 Å². The zero-order chi connectivity index (χ0) is 14.0. The molecule has 1 aromatic carbocycles. The van der Waals surface area contributed by atoms with Gasteiger partial charge in [0.1, 0.15) is 0 Å². The van der Waals surface area contributed by atoms with Gasteiger partial charge in [-0.15, -0.1) is 0 Å². The van der Waals surface area contributed by atoms with Gasteiger partial charge < -0.3 is 5.73 Å². The summed E-state index contributed by atoms with van der Waals surface area (Å²) >= 11 is 1.25. The molecule has 0 aliphatic heterocycles. The average molecular weight is 295 g/mol. The van der Waals surface area contributed by atoms with Gasteiger partial charge >= 0.3 is 0 Å². The van der Waals surface area contributed by atoms with Crippen LogP contribution in [0.5, 0.6) is 0 Å². The van der Waals surface area contributed by atoms with Crippen molar-refractivity contribution in [3.63, 3.8) is 0 Å². The molecule has 1 aromatic heterocycles. The van der Waals surface area contributed by atoms with E-state index in [1.165, 1.54) is 17.8 Å². The van der Waals surface area contributed by atoms with Crippen molar-refractivity contribution < 1.29 is 8.42 Å². The summed E-state index contributed by atoms with van der Waals surface area (Å²) in [7, 11) is -3.34. The lowest BCUT2D eigenvalue weighted by Gasteiger charge is -2.08. The largest absolute Gasteiger partial charge is 0.397 e. The first-order chi connectivity index (χ1) is 8.88. The predicted octanol–water partition coefficient (Wildman–Crippen LogP) is 1.92. The number of aromatic nitrogens is 2. The SMILES string of the molecule is Cc1ccnc(Sc2cccc(S(C)(=O)=O)c2N)n1. The molecule has 0 saturated heterocycles. The standard InChI is InChI=1S/C12H13N3O2S2/c1-8-6-7-14-12(15-8)18-9-4-3-5-10(11(9)13)19(2,16)17/h3-7H,13H2,1-2H3. The van der Waals surface area contributed by atoms with Crippen molar-refractivity contribution in [1.82, 2.24) is 9.97 Å². The molecule has 7 heteroatoms. The monoisotopic (exact) mass is 295 g/mol. The molecular weight excluding hydrogens is 282 g/mol. The number of anilines is 1. The molecule has 0 aliphatic carbocycles. The van der Waals surface area contributed by atoms with E-state index in [-0.39, 0.29) is 10.6 Å². The average Bonchev–Trinajstić information content (AvgIpc) is 2.30. The Labute approximate surface area is 116 Å². The van der Waals surface area contributed by atoms with Crippen LogP contribution in [0.2, 0.25) is 0 Å².